The Hall–Kier alpha value is -2.10. The van der Waals surface area contributed by atoms with Gasteiger partial charge in [0, 0.05) is 6.42 Å². The van der Waals surface area contributed by atoms with Crippen LogP contribution in [0.25, 0.3) is 0 Å². The lowest BCUT2D eigenvalue weighted by molar-refractivity contribution is -0.142. The van der Waals surface area contributed by atoms with E-state index in [0.717, 1.165) is 19.3 Å². The molecule has 0 saturated carbocycles. The predicted molar refractivity (Wildman–Crippen MR) is 85.7 cm³/mol. The molecular formula is C18H23NO3. The van der Waals surface area contributed by atoms with Gasteiger partial charge in [-0.25, -0.2) is 4.79 Å². The number of fused-ring (bicyclic) bond motifs is 1. The number of carboxylic acid groups (broad SMARTS) is 1. The van der Waals surface area contributed by atoms with Gasteiger partial charge in [0.05, 0.1) is 0 Å². The predicted octanol–water partition coefficient (Wildman–Crippen LogP) is 3.03. The molecular weight excluding hydrogens is 278 g/mol. The molecule has 2 atom stereocenters. The van der Waals surface area contributed by atoms with E-state index in [1.807, 2.05) is 12.1 Å². The van der Waals surface area contributed by atoms with Crippen LogP contribution in [0.2, 0.25) is 0 Å². The second-order valence-electron chi connectivity index (χ2n) is 5.82. The van der Waals surface area contributed by atoms with Crippen molar-refractivity contribution in [3.8, 4) is 0 Å². The van der Waals surface area contributed by atoms with E-state index in [1.165, 1.54) is 11.1 Å². The van der Waals surface area contributed by atoms with Gasteiger partial charge in [-0.2, -0.15) is 0 Å². The third kappa shape index (κ3) is 4.20. The van der Waals surface area contributed by atoms with Crippen LogP contribution >= 0.6 is 0 Å². The van der Waals surface area contributed by atoms with Gasteiger partial charge in [-0.3, -0.25) is 4.79 Å². The summed E-state index contributed by atoms with van der Waals surface area (Å²) in [5.74, 6) is -0.976. The third-order valence-electron chi connectivity index (χ3n) is 4.22. The molecule has 2 unspecified atom stereocenters. The minimum Gasteiger partial charge on any atom is -0.480 e. The fourth-order valence-electron chi connectivity index (χ4n) is 3.09. The average Bonchev–Trinajstić information content (AvgIpc) is 2.51. The molecule has 2 N–H and O–H groups in total. The Bertz CT molecular complexity index is 553. The van der Waals surface area contributed by atoms with Gasteiger partial charge in [0.1, 0.15) is 6.04 Å². The molecule has 0 spiro atoms. The molecule has 1 aliphatic rings. The lowest BCUT2D eigenvalue weighted by Gasteiger charge is -2.25. The normalized spacial score (nSPS) is 18.1. The summed E-state index contributed by atoms with van der Waals surface area (Å²) < 4.78 is 0. The maximum absolute atomic E-state index is 12.2. The number of aliphatic carboxylic acids is 1. The lowest BCUT2D eigenvalue weighted by Crippen LogP contribution is -2.41. The van der Waals surface area contributed by atoms with Gasteiger partial charge < -0.3 is 10.4 Å². The molecule has 0 aliphatic heterocycles. The Morgan fingerprint density at radius 3 is 2.91 bits per heavy atom. The summed E-state index contributed by atoms with van der Waals surface area (Å²) in [4.78, 5) is 23.4. The van der Waals surface area contributed by atoms with Crippen molar-refractivity contribution in [1.82, 2.24) is 5.32 Å². The first-order valence-corrected chi connectivity index (χ1v) is 7.82. The van der Waals surface area contributed by atoms with Crippen molar-refractivity contribution in [2.24, 2.45) is 0 Å². The molecule has 0 fully saturated rings. The zero-order valence-electron chi connectivity index (χ0n) is 12.8. The van der Waals surface area contributed by atoms with Gasteiger partial charge in [0.15, 0.2) is 0 Å². The number of hydrogen-bond donors (Lipinski definition) is 2. The highest BCUT2D eigenvalue weighted by molar-refractivity contribution is 5.84. The van der Waals surface area contributed by atoms with Crippen molar-refractivity contribution in [3.05, 3.63) is 48.0 Å². The minimum atomic E-state index is -0.987. The number of allylic oxidation sites excluding steroid dienone is 1. The van der Waals surface area contributed by atoms with E-state index in [-0.39, 0.29) is 11.8 Å². The Kier molecular flexibility index (Phi) is 5.75. The van der Waals surface area contributed by atoms with Crippen molar-refractivity contribution in [3.63, 3.8) is 0 Å². The zero-order chi connectivity index (χ0) is 15.9. The minimum absolute atomic E-state index is 0.182. The fraction of sp³-hybridized carbons (Fsp3) is 0.444. The highest BCUT2D eigenvalue weighted by Crippen LogP contribution is 2.33. The van der Waals surface area contributed by atoms with E-state index in [1.54, 1.807) is 6.08 Å². The quantitative estimate of drug-likeness (QED) is 0.761. The van der Waals surface area contributed by atoms with E-state index in [4.69, 9.17) is 5.11 Å². The molecule has 2 rings (SSSR count). The molecule has 0 aromatic heterocycles. The number of benzene rings is 1. The summed E-state index contributed by atoms with van der Waals surface area (Å²) in [5, 5.41) is 11.8. The average molecular weight is 301 g/mol. The summed E-state index contributed by atoms with van der Waals surface area (Å²) in [5.41, 5.74) is 2.55. The van der Waals surface area contributed by atoms with E-state index < -0.39 is 12.0 Å². The molecule has 0 saturated heterocycles. The van der Waals surface area contributed by atoms with Crippen LogP contribution in [0.15, 0.2) is 36.9 Å². The largest absolute Gasteiger partial charge is 0.480 e. The molecule has 1 aromatic rings. The van der Waals surface area contributed by atoms with E-state index >= 15 is 0 Å². The molecule has 1 aromatic carbocycles. The number of carbonyl (C=O) groups excluding carboxylic acids is 1. The summed E-state index contributed by atoms with van der Waals surface area (Å²) in [7, 11) is 0. The Balaban J connectivity index is 1.97. The first kappa shape index (κ1) is 16.3. The van der Waals surface area contributed by atoms with E-state index in [2.05, 4.69) is 24.0 Å². The van der Waals surface area contributed by atoms with Crippen LogP contribution < -0.4 is 5.32 Å². The Morgan fingerprint density at radius 1 is 1.41 bits per heavy atom. The van der Waals surface area contributed by atoms with Crippen molar-refractivity contribution in [1.29, 1.82) is 0 Å². The number of rotatable bonds is 7. The number of aryl methyl sites for hydroxylation is 1. The SMILES string of the molecule is C=CCCC(NC(=O)CC1CCCc2ccccc21)C(=O)O. The Morgan fingerprint density at radius 2 is 2.18 bits per heavy atom. The molecule has 22 heavy (non-hydrogen) atoms. The molecule has 118 valence electrons. The van der Waals surface area contributed by atoms with Crippen LogP contribution in [0.5, 0.6) is 0 Å². The maximum Gasteiger partial charge on any atom is 0.326 e. The van der Waals surface area contributed by atoms with Crippen LogP contribution in [0.3, 0.4) is 0 Å². The van der Waals surface area contributed by atoms with Gasteiger partial charge in [-0.1, -0.05) is 30.3 Å². The number of carboxylic acids is 1. The first-order valence-electron chi connectivity index (χ1n) is 7.82. The van der Waals surface area contributed by atoms with E-state index in [9.17, 15) is 9.59 Å². The van der Waals surface area contributed by atoms with Gasteiger partial charge in [-0.15, -0.1) is 6.58 Å². The van der Waals surface area contributed by atoms with Crippen molar-refractivity contribution >= 4 is 11.9 Å². The zero-order valence-corrected chi connectivity index (χ0v) is 12.8. The summed E-state index contributed by atoms with van der Waals surface area (Å²) in [6.07, 6.45) is 6.09. The van der Waals surface area contributed by atoms with Gasteiger partial charge in [0.25, 0.3) is 0 Å². The highest BCUT2D eigenvalue weighted by atomic mass is 16.4. The molecule has 0 heterocycles. The smallest absolute Gasteiger partial charge is 0.326 e. The third-order valence-corrected chi connectivity index (χ3v) is 4.22. The maximum atomic E-state index is 12.2. The molecule has 1 amide bonds. The van der Waals surface area contributed by atoms with Crippen molar-refractivity contribution in [2.45, 2.75) is 50.5 Å². The fourth-order valence-corrected chi connectivity index (χ4v) is 3.09. The Labute approximate surface area is 131 Å². The van der Waals surface area contributed by atoms with Crippen LogP contribution in [-0.4, -0.2) is 23.0 Å². The van der Waals surface area contributed by atoms with Crippen LogP contribution in [0.4, 0.5) is 0 Å². The number of amides is 1. The van der Waals surface area contributed by atoms with Crippen LogP contribution in [0, 0.1) is 0 Å². The van der Waals surface area contributed by atoms with Gasteiger partial charge in [0.2, 0.25) is 5.91 Å². The number of nitrogens with one attached hydrogen (secondary N) is 1. The number of carbonyl (C=O) groups is 2. The summed E-state index contributed by atoms with van der Waals surface area (Å²) in [6, 6.07) is 7.39. The standard InChI is InChI=1S/C18H23NO3/c1-2-3-11-16(18(21)22)19-17(20)12-14-9-6-8-13-7-4-5-10-15(13)14/h2,4-5,7,10,14,16H,1,3,6,8-9,11-12H2,(H,19,20)(H,21,22). The monoisotopic (exact) mass is 301 g/mol. The topological polar surface area (TPSA) is 66.4 Å². The van der Waals surface area contributed by atoms with Crippen LogP contribution in [0.1, 0.15) is 49.1 Å². The summed E-state index contributed by atoms with van der Waals surface area (Å²) >= 11 is 0. The molecule has 4 heteroatoms. The second kappa shape index (κ2) is 7.78. The lowest BCUT2D eigenvalue weighted by atomic mass is 9.81. The molecule has 0 bridgehead atoms. The van der Waals surface area contributed by atoms with Gasteiger partial charge >= 0.3 is 5.97 Å². The molecule has 4 nitrogen and oxygen atoms in total. The van der Waals surface area contributed by atoms with Crippen molar-refractivity contribution in [2.75, 3.05) is 0 Å². The van der Waals surface area contributed by atoms with E-state index in [0.29, 0.717) is 19.3 Å². The van der Waals surface area contributed by atoms with Crippen LogP contribution in [-0.2, 0) is 16.0 Å². The molecule has 0 radical (unpaired) electrons. The van der Waals surface area contributed by atoms with Gasteiger partial charge in [-0.05, 0) is 49.1 Å². The first-order chi connectivity index (χ1) is 10.6. The second-order valence-corrected chi connectivity index (χ2v) is 5.82. The number of hydrogen-bond acceptors (Lipinski definition) is 2. The van der Waals surface area contributed by atoms with Crippen molar-refractivity contribution < 1.29 is 14.7 Å². The summed E-state index contributed by atoms with van der Waals surface area (Å²) in [6.45, 7) is 3.58. The molecule has 1 aliphatic carbocycles. The highest BCUT2D eigenvalue weighted by Gasteiger charge is 2.25.